The molecule has 0 radical (unpaired) electrons. The normalized spacial score (nSPS) is 12.1. The molecule has 0 saturated carbocycles. The Bertz CT molecular complexity index is 560. The molecule has 2 rings (SSSR count). The molecular weight excluding hydrogens is 236 g/mol. The molecule has 3 heteroatoms. The Kier molecular flexibility index (Phi) is 4.39. The van der Waals surface area contributed by atoms with E-state index in [0.717, 1.165) is 12.0 Å². The summed E-state index contributed by atoms with van der Waals surface area (Å²) in [5.74, 6) is 0. The van der Waals surface area contributed by atoms with Crippen LogP contribution in [-0.4, -0.2) is 12.6 Å². The van der Waals surface area contributed by atoms with Crippen LogP contribution >= 0.6 is 0 Å². The van der Waals surface area contributed by atoms with Crippen molar-refractivity contribution in [2.75, 3.05) is 6.54 Å². The molecule has 0 saturated heterocycles. The molecule has 2 amide bonds. The molecule has 1 atom stereocenters. The number of carbonyl (C=O) groups excluding carboxylic acids is 1. The second-order valence-corrected chi connectivity index (χ2v) is 4.69. The molecule has 0 bridgehead atoms. The molecule has 100 valence electrons. The highest BCUT2D eigenvalue weighted by molar-refractivity contribution is 5.86. The van der Waals surface area contributed by atoms with Crippen LogP contribution in [0.4, 0.5) is 4.79 Å². The molecule has 0 spiro atoms. The largest absolute Gasteiger partial charge is 0.338 e. The van der Waals surface area contributed by atoms with Crippen LogP contribution in [0.5, 0.6) is 0 Å². The fourth-order valence-corrected chi connectivity index (χ4v) is 2.19. The van der Waals surface area contributed by atoms with Crippen LogP contribution in [0, 0.1) is 0 Å². The second-order valence-electron chi connectivity index (χ2n) is 4.69. The summed E-state index contributed by atoms with van der Waals surface area (Å²) in [6, 6.07) is 14.3. The van der Waals surface area contributed by atoms with E-state index in [9.17, 15) is 4.79 Å². The number of amides is 2. The molecule has 2 N–H and O–H groups in total. The number of hydrogen-bond acceptors (Lipinski definition) is 1. The van der Waals surface area contributed by atoms with Crippen LogP contribution in [-0.2, 0) is 0 Å². The average molecular weight is 256 g/mol. The molecule has 3 nitrogen and oxygen atoms in total. The summed E-state index contributed by atoms with van der Waals surface area (Å²) in [7, 11) is 0. The Balaban J connectivity index is 2.17. The summed E-state index contributed by atoms with van der Waals surface area (Å²) in [6.45, 7) is 4.75. The third kappa shape index (κ3) is 3.25. The monoisotopic (exact) mass is 256 g/mol. The van der Waals surface area contributed by atoms with Gasteiger partial charge in [-0.1, -0.05) is 49.4 Å². The zero-order valence-electron chi connectivity index (χ0n) is 11.4. The van der Waals surface area contributed by atoms with Crippen molar-refractivity contribution in [3.63, 3.8) is 0 Å². The van der Waals surface area contributed by atoms with Gasteiger partial charge in [-0.25, -0.2) is 4.79 Å². The molecule has 2 aromatic carbocycles. The van der Waals surface area contributed by atoms with Crippen molar-refractivity contribution in [1.29, 1.82) is 0 Å². The molecule has 0 aromatic heterocycles. The lowest BCUT2D eigenvalue weighted by molar-refractivity contribution is 0.238. The first kappa shape index (κ1) is 13.4. The zero-order valence-corrected chi connectivity index (χ0v) is 11.4. The quantitative estimate of drug-likeness (QED) is 0.862. The van der Waals surface area contributed by atoms with Gasteiger partial charge < -0.3 is 10.6 Å². The van der Waals surface area contributed by atoms with Crippen LogP contribution in [0.1, 0.15) is 31.9 Å². The summed E-state index contributed by atoms with van der Waals surface area (Å²) in [5, 5.41) is 8.19. The van der Waals surface area contributed by atoms with Gasteiger partial charge in [0.2, 0.25) is 0 Å². The van der Waals surface area contributed by atoms with Crippen molar-refractivity contribution < 1.29 is 4.79 Å². The van der Waals surface area contributed by atoms with Crippen molar-refractivity contribution in [3.8, 4) is 0 Å². The highest BCUT2D eigenvalue weighted by Crippen LogP contribution is 2.23. The lowest BCUT2D eigenvalue weighted by Crippen LogP contribution is -2.37. The summed E-state index contributed by atoms with van der Waals surface area (Å²) < 4.78 is 0. The minimum absolute atomic E-state index is 0.0112. The van der Waals surface area contributed by atoms with Crippen LogP contribution in [0.25, 0.3) is 10.8 Å². The van der Waals surface area contributed by atoms with Gasteiger partial charge in [0.1, 0.15) is 0 Å². The third-order valence-corrected chi connectivity index (χ3v) is 3.17. The van der Waals surface area contributed by atoms with Gasteiger partial charge in [0.05, 0.1) is 6.04 Å². The van der Waals surface area contributed by atoms with Crippen LogP contribution in [0.3, 0.4) is 0 Å². The van der Waals surface area contributed by atoms with Gasteiger partial charge in [0, 0.05) is 6.54 Å². The smallest absolute Gasteiger partial charge is 0.315 e. The van der Waals surface area contributed by atoms with Crippen molar-refractivity contribution >= 4 is 16.8 Å². The van der Waals surface area contributed by atoms with Gasteiger partial charge in [0.15, 0.2) is 0 Å². The maximum absolute atomic E-state index is 11.7. The number of benzene rings is 2. The highest BCUT2D eigenvalue weighted by atomic mass is 16.2. The second kappa shape index (κ2) is 6.23. The summed E-state index contributed by atoms with van der Waals surface area (Å²) in [5.41, 5.74) is 1.14. The molecule has 19 heavy (non-hydrogen) atoms. The first-order chi connectivity index (χ1) is 9.22. The predicted octanol–water partition coefficient (Wildman–Crippen LogP) is 3.61. The topological polar surface area (TPSA) is 41.1 Å². The van der Waals surface area contributed by atoms with E-state index in [2.05, 4.69) is 34.9 Å². The Morgan fingerprint density at radius 1 is 1.16 bits per heavy atom. The molecule has 1 unspecified atom stereocenters. The maximum atomic E-state index is 11.7. The molecular formula is C16H20N2O. The van der Waals surface area contributed by atoms with Crippen LogP contribution < -0.4 is 10.6 Å². The predicted molar refractivity (Wildman–Crippen MR) is 79.2 cm³/mol. The number of rotatable bonds is 4. The van der Waals surface area contributed by atoms with E-state index >= 15 is 0 Å². The van der Waals surface area contributed by atoms with E-state index in [0.29, 0.717) is 6.54 Å². The fourth-order valence-electron chi connectivity index (χ4n) is 2.19. The average Bonchev–Trinajstić information content (AvgIpc) is 2.44. The minimum Gasteiger partial charge on any atom is -0.338 e. The molecule has 2 aromatic rings. The van der Waals surface area contributed by atoms with Crippen LogP contribution in [0.2, 0.25) is 0 Å². The van der Waals surface area contributed by atoms with Gasteiger partial charge in [-0.05, 0) is 29.7 Å². The molecule has 0 heterocycles. The highest BCUT2D eigenvalue weighted by Gasteiger charge is 2.11. The molecule has 0 aliphatic rings. The number of urea groups is 1. The Hall–Kier alpha value is -2.03. The molecule has 0 aliphatic carbocycles. The SMILES string of the molecule is CCCNC(=O)NC(C)c1cccc2ccccc12. The lowest BCUT2D eigenvalue weighted by atomic mass is 10.00. The molecule has 0 fully saturated rings. The van der Waals surface area contributed by atoms with E-state index in [1.54, 1.807) is 0 Å². The maximum Gasteiger partial charge on any atom is 0.315 e. The standard InChI is InChI=1S/C16H20N2O/c1-3-11-17-16(19)18-12(2)14-10-6-8-13-7-4-5-9-15(13)14/h4-10,12H,3,11H2,1-2H3,(H2,17,18,19). The first-order valence-corrected chi connectivity index (χ1v) is 6.74. The van der Waals surface area contributed by atoms with E-state index in [1.807, 2.05) is 32.0 Å². The van der Waals surface area contributed by atoms with Crippen molar-refractivity contribution in [3.05, 3.63) is 48.0 Å². The van der Waals surface area contributed by atoms with Gasteiger partial charge in [0.25, 0.3) is 0 Å². The first-order valence-electron chi connectivity index (χ1n) is 6.74. The zero-order chi connectivity index (χ0) is 13.7. The summed E-state index contributed by atoms with van der Waals surface area (Å²) >= 11 is 0. The number of carbonyl (C=O) groups is 1. The number of fused-ring (bicyclic) bond motifs is 1. The van der Waals surface area contributed by atoms with Crippen molar-refractivity contribution in [2.45, 2.75) is 26.3 Å². The van der Waals surface area contributed by atoms with Gasteiger partial charge in [-0.2, -0.15) is 0 Å². The van der Waals surface area contributed by atoms with E-state index in [4.69, 9.17) is 0 Å². The Morgan fingerprint density at radius 2 is 1.89 bits per heavy atom. The third-order valence-electron chi connectivity index (χ3n) is 3.17. The van der Waals surface area contributed by atoms with Gasteiger partial charge >= 0.3 is 6.03 Å². The summed E-state index contributed by atoms with van der Waals surface area (Å²) in [6.07, 6.45) is 0.941. The number of hydrogen-bond donors (Lipinski definition) is 2. The van der Waals surface area contributed by atoms with Crippen LogP contribution in [0.15, 0.2) is 42.5 Å². The van der Waals surface area contributed by atoms with Crippen molar-refractivity contribution in [2.24, 2.45) is 0 Å². The van der Waals surface area contributed by atoms with E-state index in [-0.39, 0.29) is 12.1 Å². The molecule has 0 aliphatic heterocycles. The van der Waals surface area contributed by atoms with E-state index in [1.165, 1.54) is 10.8 Å². The minimum atomic E-state index is -0.109. The number of nitrogens with one attached hydrogen (secondary N) is 2. The van der Waals surface area contributed by atoms with E-state index < -0.39 is 0 Å². The summed E-state index contributed by atoms with van der Waals surface area (Å²) in [4.78, 5) is 11.7. The Morgan fingerprint density at radius 3 is 2.68 bits per heavy atom. The lowest BCUT2D eigenvalue weighted by Gasteiger charge is -2.17. The van der Waals surface area contributed by atoms with Gasteiger partial charge in [-0.3, -0.25) is 0 Å². The van der Waals surface area contributed by atoms with Gasteiger partial charge in [-0.15, -0.1) is 0 Å². The fraction of sp³-hybridized carbons (Fsp3) is 0.312. The van der Waals surface area contributed by atoms with Crippen molar-refractivity contribution in [1.82, 2.24) is 10.6 Å². The Labute approximate surface area is 114 Å².